The summed E-state index contributed by atoms with van der Waals surface area (Å²) in [6.45, 7) is 1.51. The van der Waals surface area contributed by atoms with Gasteiger partial charge in [0.25, 0.3) is 5.69 Å². The summed E-state index contributed by atoms with van der Waals surface area (Å²) in [6, 6.07) is 13.0. The number of carbonyl (C=O) groups is 1. The molecule has 2 aromatic rings. The number of nitrogens with zero attached hydrogens (tertiary/aromatic N) is 1. The highest BCUT2D eigenvalue weighted by atomic mass is 16.6. The second-order valence-corrected chi connectivity index (χ2v) is 5.28. The van der Waals surface area contributed by atoms with Crippen molar-refractivity contribution in [1.29, 1.82) is 0 Å². The molecule has 0 aromatic heterocycles. The molecule has 2 rings (SSSR count). The van der Waals surface area contributed by atoms with E-state index in [9.17, 15) is 20.0 Å². The van der Waals surface area contributed by atoms with Crippen LogP contribution in [0.25, 0.3) is 0 Å². The second-order valence-electron chi connectivity index (χ2n) is 5.28. The van der Waals surface area contributed by atoms with Crippen LogP contribution in [0.3, 0.4) is 0 Å². The van der Waals surface area contributed by atoms with Crippen molar-refractivity contribution in [2.75, 3.05) is 11.9 Å². The van der Waals surface area contributed by atoms with Crippen LogP contribution in [0.1, 0.15) is 23.6 Å². The van der Waals surface area contributed by atoms with E-state index in [1.54, 1.807) is 13.0 Å². The molecule has 0 saturated carbocycles. The molecule has 0 fully saturated rings. The fraction of sp³-hybridized carbons (Fsp3) is 0.235. The Hall–Kier alpha value is -2.93. The van der Waals surface area contributed by atoms with E-state index in [1.165, 1.54) is 12.1 Å². The monoisotopic (exact) mass is 329 g/mol. The molecule has 0 aliphatic rings. The van der Waals surface area contributed by atoms with Crippen LogP contribution in [0.5, 0.6) is 0 Å². The molecule has 126 valence electrons. The van der Waals surface area contributed by atoms with Crippen LogP contribution in [0.15, 0.2) is 48.5 Å². The minimum absolute atomic E-state index is 0.0530. The van der Waals surface area contributed by atoms with Gasteiger partial charge in [-0.2, -0.15) is 0 Å². The van der Waals surface area contributed by atoms with E-state index in [0.717, 1.165) is 5.56 Å². The summed E-state index contributed by atoms with van der Waals surface area (Å²) < 4.78 is 0. The first-order valence-electron chi connectivity index (χ1n) is 7.50. The van der Waals surface area contributed by atoms with Crippen molar-refractivity contribution in [3.05, 3.63) is 69.8 Å². The Morgan fingerprint density at radius 1 is 1.21 bits per heavy atom. The second kappa shape index (κ2) is 8.07. The van der Waals surface area contributed by atoms with Gasteiger partial charge in [0.15, 0.2) is 0 Å². The molecule has 0 spiro atoms. The molecule has 0 unspecified atom stereocenters. The predicted molar refractivity (Wildman–Crippen MR) is 90.9 cm³/mol. The lowest BCUT2D eigenvalue weighted by Crippen LogP contribution is -2.33. The molecule has 0 aliphatic heterocycles. The van der Waals surface area contributed by atoms with E-state index in [2.05, 4.69) is 10.6 Å². The largest absolute Gasteiger partial charge is 0.396 e. The van der Waals surface area contributed by atoms with Crippen LogP contribution in [-0.2, 0) is 0 Å². The lowest BCUT2D eigenvalue weighted by molar-refractivity contribution is -0.385. The van der Waals surface area contributed by atoms with Gasteiger partial charge in [-0.3, -0.25) is 10.1 Å². The first kappa shape index (κ1) is 17.4. The van der Waals surface area contributed by atoms with E-state index in [4.69, 9.17) is 0 Å². The fourth-order valence-electron chi connectivity index (χ4n) is 2.41. The molecule has 7 nitrogen and oxygen atoms in total. The minimum Gasteiger partial charge on any atom is -0.396 e. The van der Waals surface area contributed by atoms with Crippen molar-refractivity contribution >= 4 is 17.4 Å². The van der Waals surface area contributed by atoms with E-state index < -0.39 is 11.0 Å². The number of nitro groups is 1. The zero-order valence-electron chi connectivity index (χ0n) is 13.2. The Balaban J connectivity index is 2.12. The number of carbonyl (C=O) groups excluding carboxylic acids is 1. The molecule has 0 radical (unpaired) electrons. The van der Waals surface area contributed by atoms with E-state index in [0.29, 0.717) is 17.7 Å². The van der Waals surface area contributed by atoms with E-state index >= 15 is 0 Å². The number of anilines is 1. The number of hydrogen-bond donors (Lipinski definition) is 3. The summed E-state index contributed by atoms with van der Waals surface area (Å²) in [5.41, 5.74) is 1.58. The van der Waals surface area contributed by atoms with Crippen LogP contribution in [0.4, 0.5) is 16.2 Å². The Labute approximate surface area is 139 Å². The maximum absolute atomic E-state index is 12.2. The topological polar surface area (TPSA) is 104 Å². The van der Waals surface area contributed by atoms with Gasteiger partial charge in [-0.05, 0) is 25.0 Å². The van der Waals surface area contributed by atoms with Gasteiger partial charge in [-0.15, -0.1) is 0 Å². The average Bonchev–Trinajstić information content (AvgIpc) is 2.57. The summed E-state index contributed by atoms with van der Waals surface area (Å²) in [4.78, 5) is 22.7. The van der Waals surface area contributed by atoms with Crippen LogP contribution in [0, 0.1) is 17.0 Å². The Kier molecular flexibility index (Phi) is 5.86. The number of aliphatic hydroxyl groups is 1. The molecule has 0 bridgehead atoms. The summed E-state index contributed by atoms with van der Waals surface area (Å²) in [5.74, 6) is 0. The summed E-state index contributed by atoms with van der Waals surface area (Å²) in [5, 5.41) is 25.6. The van der Waals surface area contributed by atoms with Gasteiger partial charge < -0.3 is 15.7 Å². The third-order valence-corrected chi connectivity index (χ3v) is 3.68. The zero-order valence-corrected chi connectivity index (χ0v) is 13.2. The lowest BCUT2D eigenvalue weighted by Gasteiger charge is -2.19. The van der Waals surface area contributed by atoms with Crippen LogP contribution < -0.4 is 10.6 Å². The van der Waals surface area contributed by atoms with Crippen molar-refractivity contribution in [3.8, 4) is 0 Å². The van der Waals surface area contributed by atoms with Crippen LogP contribution in [-0.4, -0.2) is 22.7 Å². The number of urea groups is 1. The van der Waals surface area contributed by atoms with Crippen molar-refractivity contribution in [3.63, 3.8) is 0 Å². The molecular formula is C17H19N3O4. The number of nitro benzene ring substituents is 1. The fourth-order valence-corrected chi connectivity index (χ4v) is 2.41. The molecule has 0 aliphatic carbocycles. The van der Waals surface area contributed by atoms with E-state index in [1.807, 2.05) is 30.3 Å². The number of amides is 2. The minimum atomic E-state index is -0.489. The molecule has 2 amide bonds. The van der Waals surface area contributed by atoms with Gasteiger partial charge in [-0.25, -0.2) is 4.79 Å². The van der Waals surface area contributed by atoms with Crippen molar-refractivity contribution in [2.45, 2.75) is 19.4 Å². The number of aliphatic hydroxyl groups excluding tert-OH is 1. The quantitative estimate of drug-likeness (QED) is 0.559. The van der Waals surface area contributed by atoms with Crippen molar-refractivity contribution in [2.24, 2.45) is 0 Å². The molecule has 24 heavy (non-hydrogen) atoms. The highest BCUT2D eigenvalue weighted by Gasteiger charge is 2.17. The number of rotatable bonds is 6. The normalized spacial score (nSPS) is 11.6. The first-order chi connectivity index (χ1) is 11.5. The number of hydrogen-bond acceptors (Lipinski definition) is 4. The number of benzene rings is 2. The van der Waals surface area contributed by atoms with Crippen molar-refractivity contribution < 1.29 is 14.8 Å². The Morgan fingerprint density at radius 3 is 2.54 bits per heavy atom. The van der Waals surface area contributed by atoms with Gasteiger partial charge >= 0.3 is 6.03 Å². The summed E-state index contributed by atoms with van der Waals surface area (Å²) in [7, 11) is 0. The zero-order chi connectivity index (χ0) is 17.5. The van der Waals surface area contributed by atoms with E-state index in [-0.39, 0.29) is 18.3 Å². The molecule has 7 heteroatoms. The van der Waals surface area contributed by atoms with Gasteiger partial charge in [-0.1, -0.05) is 36.4 Å². The number of nitrogens with one attached hydrogen (secondary N) is 2. The maximum Gasteiger partial charge on any atom is 0.319 e. The molecule has 0 saturated heterocycles. The van der Waals surface area contributed by atoms with Gasteiger partial charge in [0.2, 0.25) is 0 Å². The van der Waals surface area contributed by atoms with Gasteiger partial charge in [0, 0.05) is 12.7 Å². The Bertz CT molecular complexity index is 719. The summed E-state index contributed by atoms with van der Waals surface area (Å²) in [6.07, 6.45) is 0.366. The average molecular weight is 329 g/mol. The molecule has 2 aromatic carbocycles. The first-order valence-corrected chi connectivity index (χ1v) is 7.50. The summed E-state index contributed by atoms with van der Waals surface area (Å²) >= 11 is 0. The van der Waals surface area contributed by atoms with Crippen molar-refractivity contribution in [1.82, 2.24) is 5.32 Å². The van der Waals surface area contributed by atoms with Gasteiger partial charge in [0.1, 0.15) is 0 Å². The highest BCUT2D eigenvalue weighted by molar-refractivity contribution is 5.91. The van der Waals surface area contributed by atoms with Crippen LogP contribution in [0.2, 0.25) is 0 Å². The molecule has 3 N–H and O–H groups in total. The predicted octanol–water partition coefficient (Wildman–Crippen LogP) is 3.15. The van der Waals surface area contributed by atoms with Crippen LogP contribution >= 0.6 is 0 Å². The molecular weight excluding hydrogens is 310 g/mol. The molecule has 0 heterocycles. The lowest BCUT2D eigenvalue weighted by atomic mass is 10.0. The third kappa shape index (κ3) is 4.30. The molecule has 1 atom stereocenters. The standard InChI is InChI=1S/C17H19N3O4/c1-12-14(8-5-9-16(12)20(23)24)18-17(22)19-15(10-11-21)13-6-3-2-4-7-13/h2-9,15,21H,10-11H2,1H3,(H2,18,19,22)/t15-/m1/s1. The SMILES string of the molecule is Cc1c(NC(=O)N[C@H](CCO)c2ccccc2)cccc1[N+](=O)[O-]. The highest BCUT2D eigenvalue weighted by Crippen LogP contribution is 2.25. The maximum atomic E-state index is 12.2. The Morgan fingerprint density at radius 2 is 1.92 bits per heavy atom. The smallest absolute Gasteiger partial charge is 0.319 e. The third-order valence-electron chi connectivity index (χ3n) is 3.68. The van der Waals surface area contributed by atoms with Gasteiger partial charge in [0.05, 0.1) is 22.2 Å².